The number of hydrogen-bond acceptors (Lipinski definition) is 4. The van der Waals surface area contributed by atoms with Crippen molar-refractivity contribution in [3.8, 4) is 0 Å². The molecular weight excluding hydrogens is 248 g/mol. The minimum Gasteiger partial charge on any atom is -0.258 e. The standard InChI is InChI=1S/C13H12N2O2S/c1-9-5-6-10(2)12(8-9)18-13-11(15(16)17)4-3-7-14-13/h3-8H,1-2H3. The van der Waals surface area contributed by atoms with E-state index in [4.69, 9.17) is 0 Å². The van der Waals surface area contributed by atoms with Gasteiger partial charge in [0.1, 0.15) is 0 Å². The van der Waals surface area contributed by atoms with Gasteiger partial charge in [0.2, 0.25) is 0 Å². The topological polar surface area (TPSA) is 56.0 Å². The smallest absolute Gasteiger partial charge is 0.258 e. The predicted octanol–water partition coefficient (Wildman–Crippen LogP) is 3.76. The third kappa shape index (κ3) is 2.68. The Bertz CT molecular complexity index is 599. The molecule has 0 aliphatic rings. The number of pyridine rings is 1. The summed E-state index contributed by atoms with van der Waals surface area (Å²) in [6.45, 7) is 3.98. The summed E-state index contributed by atoms with van der Waals surface area (Å²) in [4.78, 5) is 15.6. The molecule has 92 valence electrons. The third-order valence-corrected chi connectivity index (χ3v) is 3.67. The quantitative estimate of drug-likeness (QED) is 0.623. The molecule has 1 heterocycles. The van der Waals surface area contributed by atoms with Crippen molar-refractivity contribution in [2.24, 2.45) is 0 Å². The largest absolute Gasteiger partial charge is 0.301 e. The molecular formula is C13H12N2O2S. The Kier molecular flexibility index (Phi) is 3.62. The van der Waals surface area contributed by atoms with Gasteiger partial charge in [-0.15, -0.1) is 0 Å². The van der Waals surface area contributed by atoms with Crippen molar-refractivity contribution >= 4 is 17.4 Å². The summed E-state index contributed by atoms with van der Waals surface area (Å²) in [5.74, 6) is 0. The van der Waals surface area contributed by atoms with E-state index in [2.05, 4.69) is 4.98 Å². The number of hydrogen-bond donors (Lipinski definition) is 0. The summed E-state index contributed by atoms with van der Waals surface area (Å²) < 4.78 is 0. The lowest BCUT2D eigenvalue weighted by Gasteiger charge is -2.06. The molecule has 0 amide bonds. The van der Waals surface area contributed by atoms with Crippen LogP contribution < -0.4 is 0 Å². The fourth-order valence-corrected chi connectivity index (χ4v) is 2.56. The molecule has 0 N–H and O–H groups in total. The van der Waals surface area contributed by atoms with Crippen molar-refractivity contribution in [2.75, 3.05) is 0 Å². The zero-order valence-corrected chi connectivity index (χ0v) is 10.9. The first kappa shape index (κ1) is 12.6. The lowest BCUT2D eigenvalue weighted by atomic mass is 10.2. The van der Waals surface area contributed by atoms with Crippen molar-refractivity contribution in [1.82, 2.24) is 4.98 Å². The molecule has 0 bridgehead atoms. The summed E-state index contributed by atoms with van der Waals surface area (Å²) in [6, 6.07) is 9.09. The first-order valence-electron chi connectivity index (χ1n) is 5.42. The van der Waals surface area contributed by atoms with Crippen LogP contribution in [-0.2, 0) is 0 Å². The molecule has 18 heavy (non-hydrogen) atoms. The van der Waals surface area contributed by atoms with Crippen LogP contribution in [-0.4, -0.2) is 9.91 Å². The van der Waals surface area contributed by atoms with Crippen LogP contribution in [0.1, 0.15) is 11.1 Å². The van der Waals surface area contributed by atoms with Gasteiger partial charge in [0, 0.05) is 17.2 Å². The maximum absolute atomic E-state index is 10.9. The Morgan fingerprint density at radius 3 is 2.78 bits per heavy atom. The molecule has 1 aromatic heterocycles. The number of aromatic nitrogens is 1. The summed E-state index contributed by atoms with van der Waals surface area (Å²) >= 11 is 1.33. The van der Waals surface area contributed by atoms with Gasteiger partial charge in [-0.2, -0.15) is 0 Å². The second-order valence-corrected chi connectivity index (χ2v) is 4.99. The van der Waals surface area contributed by atoms with Gasteiger partial charge in [0.25, 0.3) is 0 Å². The van der Waals surface area contributed by atoms with E-state index in [-0.39, 0.29) is 5.69 Å². The van der Waals surface area contributed by atoms with E-state index < -0.39 is 4.92 Å². The summed E-state index contributed by atoms with van der Waals surface area (Å²) in [7, 11) is 0. The minimum absolute atomic E-state index is 0.0448. The average Bonchev–Trinajstić information content (AvgIpc) is 2.34. The van der Waals surface area contributed by atoms with Crippen molar-refractivity contribution in [2.45, 2.75) is 23.8 Å². The van der Waals surface area contributed by atoms with E-state index in [0.717, 1.165) is 16.0 Å². The van der Waals surface area contributed by atoms with E-state index in [1.54, 1.807) is 12.3 Å². The highest BCUT2D eigenvalue weighted by molar-refractivity contribution is 7.99. The first-order valence-corrected chi connectivity index (χ1v) is 6.24. The number of benzene rings is 1. The van der Waals surface area contributed by atoms with Crippen molar-refractivity contribution in [3.63, 3.8) is 0 Å². The van der Waals surface area contributed by atoms with Crippen molar-refractivity contribution in [1.29, 1.82) is 0 Å². The van der Waals surface area contributed by atoms with Crippen LogP contribution in [0.15, 0.2) is 46.5 Å². The molecule has 0 radical (unpaired) electrons. The zero-order chi connectivity index (χ0) is 13.1. The van der Waals surface area contributed by atoms with E-state index in [0.29, 0.717) is 5.03 Å². The molecule has 2 aromatic rings. The molecule has 0 fully saturated rings. The molecule has 0 saturated heterocycles. The van der Waals surface area contributed by atoms with Gasteiger partial charge in [-0.05, 0) is 37.1 Å². The van der Waals surface area contributed by atoms with Gasteiger partial charge in [-0.1, -0.05) is 23.9 Å². The van der Waals surface area contributed by atoms with Gasteiger partial charge < -0.3 is 0 Å². The molecule has 0 spiro atoms. The molecule has 5 heteroatoms. The van der Waals surface area contributed by atoms with Gasteiger partial charge in [-0.3, -0.25) is 10.1 Å². The lowest BCUT2D eigenvalue weighted by molar-refractivity contribution is -0.388. The van der Waals surface area contributed by atoms with Gasteiger partial charge in [0.05, 0.1) is 4.92 Å². The minimum atomic E-state index is -0.402. The Morgan fingerprint density at radius 1 is 1.28 bits per heavy atom. The van der Waals surface area contributed by atoms with Gasteiger partial charge in [-0.25, -0.2) is 4.98 Å². The lowest BCUT2D eigenvalue weighted by Crippen LogP contribution is -1.93. The Balaban J connectivity index is 2.40. The normalized spacial score (nSPS) is 10.3. The molecule has 0 unspecified atom stereocenters. The fraction of sp³-hybridized carbons (Fsp3) is 0.154. The maximum atomic E-state index is 10.9. The number of nitrogens with zero attached hydrogens (tertiary/aromatic N) is 2. The molecule has 0 saturated carbocycles. The molecule has 4 nitrogen and oxygen atoms in total. The van der Waals surface area contributed by atoms with Crippen molar-refractivity contribution in [3.05, 3.63) is 57.8 Å². The molecule has 1 aromatic carbocycles. The van der Waals surface area contributed by atoms with E-state index in [1.807, 2.05) is 32.0 Å². The Morgan fingerprint density at radius 2 is 2.06 bits per heavy atom. The highest BCUT2D eigenvalue weighted by atomic mass is 32.2. The van der Waals surface area contributed by atoms with Crippen LogP contribution in [0.2, 0.25) is 0 Å². The van der Waals surface area contributed by atoms with E-state index in [1.165, 1.54) is 17.8 Å². The SMILES string of the molecule is Cc1ccc(C)c(Sc2ncccc2[N+](=O)[O-])c1. The zero-order valence-electron chi connectivity index (χ0n) is 10.1. The third-order valence-electron chi connectivity index (χ3n) is 2.50. The first-order chi connectivity index (χ1) is 8.58. The van der Waals surface area contributed by atoms with Crippen LogP contribution in [0.5, 0.6) is 0 Å². The van der Waals surface area contributed by atoms with Crippen LogP contribution in [0, 0.1) is 24.0 Å². The average molecular weight is 260 g/mol. The molecule has 0 aliphatic carbocycles. The van der Waals surface area contributed by atoms with Crippen LogP contribution >= 0.6 is 11.8 Å². The van der Waals surface area contributed by atoms with Gasteiger partial charge in [0.15, 0.2) is 5.03 Å². The number of rotatable bonds is 3. The Labute approximate surface area is 109 Å². The maximum Gasteiger partial charge on any atom is 0.301 e. The predicted molar refractivity (Wildman–Crippen MR) is 70.9 cm³/mol. The van der Waals surface area contributed by atoms with Gasteiger partial charge >= 0.3 is 5.69 Å². The summed E-state index contributed by atoms with van der Waals surface area (Å²) in [5.41, 5.74) is 2.26. The molecule has 0 atom stereocenters. The fourth-order valence-electron chi connectivity index (χ4n) is 1.52. The van der Waals surface area contributed by atoms with E-state index >= 15 is 0 Å². The van der Waals surface area contributed by atoms with Crippen molar-refractivity contribution < 1.29 is 4.92 Å². The monoisotopic (exact) mass is 260 g/mol. The van der Waals surface area contributed by atoms with Crippen LogP contribution in [0.4, 0.5) is 5.69 Å². The van der Waals surface area contributed by atoms with Crippen LogP contribution in [0.25, 0.3) is 0 Å². The molecule has 0 aliphatic heterocycles. The second kappa shape index (κ2) is 5.18. The molecule has 2 rings (SSSR count). The number of aryl methyl sites for hydroxylation is 2. The van der Waals surface area contributed by atoms with E-state index in [9.17, 15) is 10.1 Å². The summed E-state index contributed by atoms with van der Waals surface area (Å²) in [5, 5.41) is 11.3. The second-order valence-electron chi connectivity index (χ2n) is 3.96. The Hall–Kier alpha value is -1.88. The summed E-state index contributed by atoms with van der Waals surface area (Å²) in [6.07, 6.45) is 1.57. The highest BCUT2D eigenvalue weighted by Crippen LogP contribution is 2.34. The highest BCUT2D eigenvalue weighted by Gasteiger charge is 2.16. The van der Waals surface area contributed by atoms with Crippen LogP contribution in [0.3, 0.4) is 0 Å². The number of nitro groups is 1.